The molecule has 0 radical (unpaired) electrons. The summed E-state index contributed by atoms with van der Waals surface area (Å²) >= 11 is 1.88. The number of benzene rings is 8. The quantitative estimate of drug-likeness (QED) is 0.176. The molecule has 0 unspecified atom stereocenters. The molecule has 0 amide bonds. The molecule has 2 nitrogen and oxygen atoms in total. The average Bonchev–Trinajstić information content (AvgIpc) is 3.73. The van der Waals surface area contributed by atoms with Crippen molar-refractivity contribution in [2.24, 2.45) is 0 Å². The van der Waals surface area contributed by atoms with Crippen LogP contribution in [0.1, 0.15) is 25.0 Å². The second-order valence-electron chi connectivity index (χ2n) is 15.4. The summed E-state index contributed by atoms with van der Waals surface area (Å²) in [5.41, 5.74) is 14.9. The Morgan fingerprint density at radius 2 is 1.02 bits per heavy atom. The lowest BCUT2D eigenvalue weighted by molar-refractivity contribution is 0.660. The number of fused-ring (bicyclic) bond motifs is 7. The Morgan fingerprint density at radius 1 is 0.393 bits per heavy atom. The summed E-state index contributed by atoms with van der Waals surface area (Å²) in [6.07, 6.45) is 0. The number of rotatable bonds is 5. The molecule has 8 aromatic carbocycles. The third-order valence-corrected chi connectivity index (χ3v) is 12.9. The van der Waals surface area contributed by atoms with Crippen LogP contribution in [0.2, 0.25) is 0 Å². The van der Waals surface area contributed by atoms with Gasteiger partial charge in [-0.3, -0.25) is 0 Å². The minimum atomic E-state index is -0.112. The third kappa shape index (κ3) is 5.31. The first-order chi connectivity index (χ1) is 27.5. The molecule has 264 valence electrons. The van der Waals surface area contributed by atoms with E-state index in [9.17, 15) is 0 Å². The predicted octanol–water partition coefficient (Wildman–Crippen LogP) is 14.6. The van der Waals surface area contributed by atoms with Crippen LogP contribution in [0.4, 0.5) is 0 Å². The number of hydrogen-bond acceptors (Lipinski definition) is 3. The minimum Gasteiger partial charge on any atom is -0.228 e. The Hall–Kier alpha value is -6.68. The van der Waals surface area contributed by atoms with E-state index in [-0.39, 0.29) is 5.41 Å². The highest BCUT2D eigenvalue weighted by molar-refractivity contribution is 7.26. The van der Waals surface area contributed by atoms with Gasteiger partial charge in [-0.15, -0.1) is 11.3 Å². The maximum atomic E-state index is 5.32. The summed E-state index contributed by atoms with van der Waals surface area (Å²) in [6.45, 7) is 4.66. The molecule has 0 fully saturated rings. The van der Waals surface area contributed by atoms with E-state index in [1.165, 1.54) is 69.9 Å². The molecule has 0 spiro atoms. The predicted molar refractivity (Wildman–Crippen MR) is 237 cm³/mol. The van der Waals surface area contributed by atoms with Crippen molar-refractivity contribution in [3.05, 3.63) is 193 Å². The van der Waals surface area contributed by atoms with Crippen molar-refractivity contribution < 1.29 is 0 Å². The molecule has 0 saturated carbocycles. The molecule has 0 bridgehead atoms. The Kier molecular flexibility index (Phi) is 7.42. The van der Waals surface area contributed by atoms with Gasteiger partial charge in [0.25, 0.3) is 0 Å². The molecule has 0 saturated heterocycles. The molecule has 0 aliphatic heterocycles. The van der Waals surface area contributed by atoms with Gasteiger partial charge in [0, 0.05) is 42.3 Å². The van der Waals surface area contributed by atoms with Crippen molar-refractivity contribution in [3.8, 4) is 67.3 Å². The van der Waals surface area contributed by atoms with Gasteiger partial charge >= 0.3 is 0 Å². The molecule has 11 rings (SSSR count). The zero-order chi connectivity index (χ0) is 37.4. The standard InChI is InChI=1S/C53H36N2S/c1-53(2)46-23-12-11-20-42(46)43-25-24-37(30-47(43)53)48-32-49(55-52(54-48)34-16-7-4-8-17-34)40-27-38(33-14-5-3-6-15-33)26-39(28-40)41-21-13-22-44-45-29-35-18-9-10-19-36(35)31-50(45)56-51(41)44/h3-32H,1-2H3. The summed E-state index contributed by atoms with van der Waals surface area (Å²) in [6, 6.07) is 66.0. The maximum Gasteiger partial charge on any atom is 0.160 e. The van der Waals surface area contributed by atoms with Crippen LogP contribution in [0.15, 0.2) is 182 Å². The molecule has 1 aliphatic rings. The molecule has 2 heterocycles. The summed E-state index contributed by atoms with van der Waals surface area (Å²) in [4.78, 5) is 10.6. The lowest BCUT2D eigenvalue weighted by atomic mass is 9.82. The van der Waals surface area contributed by atoms with Crippen LogP contribution < -0.4 is 0 Å². The summed E-state index contributed by atoms with van der Waals surface area (Å²) in [5.74, 6) is 0.714. The van der Waals surface area contributed by atoms with Crippen LogP contribution in [0.5, 0.6) is 0 Å². The van der Waals surface area contributed by atoms with Crippen molar-refractivity contribution in [1.82, 2.24) is 9.97 Å². The van der Waals surface area contributed by atoms with Crippen LogP contribution in [0.25, 0.3) is 98.2 Å². The van der Waals surface area contributed by atoms with Gasteiger partial charge in [-0.2, -0.15) is 0 Å². The van der Waals surface area contributed by atoms with E-state index in [0.29, 0.717) is 5.82 Å². The Bertz CT molecular complexity index is 3160. The molecule has 10 aromatic rings. The lowest BCUT2D eigenvalue weighted by Crippen LogP contribution is -2.14. The van der Waals surface area contributed by atoms with Gasteiger partial charge in [0.2, 0.25) is 0 Å². The normalized spacial score (nSPS) is 13.0. The fourth-order valence-corrected chi connectivity index (χ4v) is 10.0. The van der Waals surface area contributed by atoms with Gasteiger partial charge in [0.05, 0.1) is 11.4 Å². The van der Waals surface area contributed by atoms with Gasteiger partial charge in [-0.1, -0.05) is 153 Å². The first kappa shape index (κ1) is 32.7. The Morgan fingerprint density at radius 3 is 1.82 bits per heavy atom. The zero-order valence-corrected chi connectivity index (χ0v) is 31.9. The van der Waals surface area contributed by atoms with Crippen molar-refractivity contribution in [3.63, 3.8) is 0 Å². The second kappa shape index (κ2) is 12.7. The first-order valence-electron chi connectivity index (χ1n) is 19.2. The second-order valence-corrected chi connectivity index (χ2v) is 16.5. The Balaban J connectivity index is 1.12. The van der Waals surface area contributed by atoms with Crippen molar-refractivity contribution in [2.75, 3.05) is 0 Å². The van der Waals surface area contributed by atoms with E-state index in [2.05, 4.69) is 190 Å². The van der Waals surface area contributed by atoms with Gasteiger partial charge in [0.1, 0.15) is 0 Å². The topological polar surface area (TPSA) is 25.8 Å². The van der Waals surface area contributed by atoms with Crippen LogP contribution in [-0.4, -0.2) is 9.97 Å². The monoisotopic (exact) mass is 732 g/mol. The number of hydrogen-bond donors (Lipinski definition) is 0. The van der Waals surface area contributed by atoms with Gasteiger partial charge in [0.15, 0.2) is 5.82 Å². The van der Waals surface area contributed by atoms with Gasteiger partial charge in [-0.05, 0) is 97.7 Å². The highest BCUT2D eigenvalue weighted by atomic mass is 32.1. The molecule has 0 atom stereocenters. The summed E-state index contributed by atoms with van der Waals surface area (Å²) in [5, 5.41) is 5.13. The van der Waals surface area contributed by atoms with Crippen LogP contribution >= 0.6 is 11.3 Å². The average molecular weight is 733 g/mol. The van der Waals surface area contributed by atoms with E-state index >= 15 is 0 Å². The Labute approximate surface area is 330 Å². The zero-order valence-electron chi connectivity index (χ0n) is 31.1. The number of thiophene rings is 1. The number of aromatic nitrogens is 2. The minimum absolute atomic E-state index is 0.112. The highest BCUT2D eigenvalue weighted by Gasteiger charge is 2.35. The van der Waals surface area contributed by atoms with Crippen molar-refractivity contribution >= 4 is 42.3 Å². The largest absolute Gasteiger partial charge is 0.228 e. The first-order valence-corrected chi connectivity index (χ1v) is 20.0. The van der Waals surface area contributed by atoms with E-state index < -0.39 is 0 Å². The van der Waals surface area contributed by atoms with Crippen LogP contribution in [0, 0.1) is 0 Å². The van der Waals surface area contributed by atoms with Gasteiger partial charge in [-0.25, -0.2) is 9.97 Å². The third-order valence-electron chi connectivity index (χ3n) is 11.6. The van der Waals surface area contributed by atoms with Crippen LogP contribution in [-0.2, 0) is 5.41 Å². The molecular formula is C53H36N2S. The maximum absolute atomic E-state index is 5.32. The van der Waals surface area contributed by atoms with Gasteiger partial charge < -0.3 is 0 Å². The molecule has 0 N–H and O–H groups in total. The molecular weight excluding hydrogens is 697 g/mol. The smallest absolute Gasteiger partial charge is 0.160 e. The van der Waals surface area contributed by atoms with Crippen molar-refractivity contribution in [2.45, 2.75) is 19.3 Å². The summed E-state index contributed by atoms with van der Waals surface area (Å²) < 4.78 is 2.60. The SMILES string of the molecule is CC1(C)c2ccccc2-c2ccc(-c3cc(-c4cc(-c5ccccc5)cc(-c5cccc6c5sc5cc7ccccc7cc56)c4)nc(-c4ccccc4)n3)cc21. The van der Waals surface area contributed by atoms with E-state index in [4.69, 9.17) is 9.97 Å². The summed E-state index contributed by atoms with van der Waals surface area (Å²) in [7, 11) is 0. The van der Waals surface area contributed by atoms with E-state index in [1.807, 2.05) is 17.4 Å². The highest BCUT2D eigenvalue weighted by Crippen LogP contribution is 2.50. The fourth-order valence-electron chi connectivity index (χ4n) is 8.76. The molecule has 2 aromatic heterocycles. The van der Waals surface area contributed by atoms with E-state index in [1.54, 1.807) is 0 Å². The van der Waals surface area contributed by atoms with Crippen molar-refractivity contribution in [1.29, 1.82) is 0 Å². The fraction of sp³-hybridized carbons (Fsp3) is 0.0566. The lowest BCUT2D eigenvalue weighted by Gasteiger charge is -2.22. The molecule has 56 heavy (non-hydrogen) atoms. The molecule has 1 aliphatic carbocycles. The van der Waals surface area contributed by atoms with Crippen LogP contribution in [0.3, 0.4) is 0 Å². The van der Waals surface area contributed by atoms with E-state index in [0.717, 1.165) is 33.6 Å². The number of nitrogens with zero attached hydrogens (tertiary/aromatic N) is 2. The molecule has 3 heteroatoms.